The van der Waals surface area contributed by atoms with Gasteiger partial charge in [0.2, 0.25) is 0 Å². The molecule has 0 radical (unpaired) electrons. The summed E-state index contributed by atoms with van der Waals surface area (Å²) in [6.07, 6.45) is 6.77. The molecule has 18 heavy (non-hydrogen) atoms. The van der Waals surface area contributed by atoms with Gasteiger partial charge in [0.05, 0.1) is 14.7 Å². The summed E-state index contributed by atoms with van der Waals surface area (Å²) < 4.78 is 2.68. The molecule has 0 aromatic carbocycles. The summed E-state index contributed by atoms with van der Waals surface area (Å²) in [7, 11) is 0. The van der Waals surface area contributed by atoms with Crippen molar-refractivity contribution in [1.82, 2.24) is 9.97 Å². The highest BCUT2D eigenvalue weighted by molar-refractivity contribution is 8.33. The van der Waals surface area contributed by atoms with Crippen molar-refractivity contribution in [2.45, 2.75) is 0 Å². The summed E-state index contributed by atoms with van der Waals surface area (Å²) in [5.41, 5.74) is 0. The highest BCUT2D eigenvalue weighted by Gasteiger charge is 2.17. The first-order valence-electron chi connectivity index (χ1n) is 4.99. The number of aromatic nitrogens is 2. The molecule has 90 valence electrons. The van der Waals surface area contributed by atoms with Gasteiger partial charge in [-0.15, -0.1) is 0 Å². The molecule has 1 aromatic rings. The molecule has 0 atom stereocenters. The first kappa shape index (κ1) is 12.4. The maximum Gasteiger partial charge on any atom is 0.170 e. The van der Waals surface area contributed by atoms with Crippen LogP contribution in [0, 0.1) is 0 Å². The molecule has 0 amide bonds. The van der Waals surface area contributed by atoms with E-state index in [1.54, 1.807) is 65.6 Å². The van der Waals surface area contributed by atoms with Gasteiger partial charge in [-0.25, -0.2) is 9.98 Å². The highest BCUT2D eigenvalue weighted by Crippen LogP contribution is 2.52. The molecule has 7 heteroatoms. The van der Waals surface area contributed by atoms with Crippen molar-refractivity contribution in [3.05, 3.63) is 48.2 Å². The summed E-state index contributed by atoms with van der Waals surface area (Å²) in [5.74, 6) is 0.636. The fourth-order valence-electron chi connectivity index (χ4n) is 1.20. The third-order valence-electron chi connectivity index (χ3n) is 1.94. The minimum Gasteiger partial charge on any atom is -0.259 e. The van der Waals surface area contributed by atoms with Crippen LogP contribution in [0.2, 0.25) is 0 Å². The molecular weight excluding hydrogens is 302 g/mol. The van der Waals surface area contributed by atoms with Crippen molar-refractivity contribution in [2.24, 2.45) is 4.99 Å². The third-order valence-corrected chi connectivity index (χ3v) is 6.91. The summed E-state index contributed by atoms with van der Waals surface area (Å²) in [5, 5.41) is 6.34. The monoisotopic (exact) mass is 309 g/mol. The number of hydrogen-bond donors (Lipinski definition) is 0. The summed E-state index contributed by atoms with van der Waals surface area (Å²) in [6, 6.07) is 0. The Kier molecular flexibility index (Phi) is 4.14. The molecule has 0 aliphatic carbocycles. The Morgan fingerprint density at radius 3 is 2.72 bits per heavy atom. The normalized spacial score (nSPS) is 19.0. The summed E-state index contributed by atoms with van der Waals surface area (Å²) in [4.78, 5) is 13.5. The lowest BCUT2D eigenvalue weighted by atomic mass is 10.6. The van der Waals surface area contributed by atoms with Crippen LogP contribution in [0.3, 0.4) is 0 Å². The number of thioether (sulfide) groups is 4. The van der Waals surface area contributed by atoms with Crippen molar-refractivity contribution in [1.29, 1.82) is 0 Å². The maximum absolute atomic E-state index is 4.30. The summed E-state index contributed by atoms with van der Waals surface area (Å²) >= 11 is 7.06. The predicted molar refractivity (Wildman–Crippen MR) is 84.8 cm³/mol. The molecule has 0 saturated carbocycles. The van der Waals surface area contributed by atoms with E-state index in [-0.39, 0.29) is 0 Å². The Bertz CT molecular complexity index is 553. The molecule has 2 aliphatic rings. The van der Waals surface area contributed by atoms with E-state index in [0.29, 0.717) is 5.82 Å². The van der Waals surface area contributed by atoms with Gasteiger partial charge in [0, 0.05) is 23.5 Å². The number of hydrogen-bond acceptors (Lipinski definition) is 7. The molecule has 0 spiro atoms. The standard InChI is InChI=1S/C11H7N3S4/c1-2-13-9(6-12-1)14-5-8-7-17-11(18-8)10-15-3-4-16-10/h1-7H. The average molecular weight is 309 g/mol. The van der Waals surface area contributed by atoms with E-state index in [1.165, 1.54) is 8.47 Å². The van der Waals surface area contributed by atoms with Gasteiger partial charge in [0.15, 0.2) is 5.82 Å². The minimum absolute atomic E-state index is 0.636. The van der Waals surface area contributed by atoms with Crippen molar-refractivity contribution < 1.29 is 0 Å². The second kappa shape index (κ2) is 6.01. The van der Waals surface area contributed by atoms with Crippen molar-refractivity contribution in [3.63, 3.8) is 0 Å². The zero-order chi connectivity index (χ0) is 12.2. The lowest BCUT2D eigenvalue weighted by Gasteiger charge is -1.99. The Morgan fingerprint density at radius 1 is 1.06 bits per heavy atom. The van der Waals surface area contributed by atoms with Gasteiger partial charge in [-0.05, 0) is 16.2 Å². The SMILES string of the molecule is C1=CSC(=C2SC=C(C=Nc3cnccn3)S2)S1. The van der Waals surface area contributed by atoms with Crippen LogP contribution in [0.4, 0.5) is 5.82 Å². The van der Waals surface area contributed by atoms with Crippen molar-refractivity contribution >= 4 is 59.1 Å². The van der Waals surface area contributed by atoms with E-state index < -0.39 is 0 Å². The van der Waals surface area contributed by atoms with Gasteiger partial charge in [-0.2, -0.15) is 0 Å². The quantitative estimate of drug-likeness (QED) is 0.745. The topological polar surface area (TPSA) is 38.1 Å². The largest absolute Gasteiger partial charge is 0.259 e. The molecule has 0 bridgehead atoms. The fourth-order valence-corrected chi connectivity index (χ4v) is 5.51. The van der Waals surface area contributed by atoms with Gasteiger partial charge in [0.25, 0.3) is 0 Å². The van der Waals surface area contributed by atoms with E-state index in [9.17, 15) is 0 Å². The van der Waals surface area contributed by atoms with Crippen LogP contribution in [0.5, 0.6) is 0 Å². The van der Waals surface area contributed by atoms with Gasteiger partial charge in [-0.1, -0.05) is 47.0 Å². The second-order valence-corrected chi connectivity index (χ2v) is 7.46. The summed E-state index contributed by atoms with van der Waals surface area (Å²) in [6.45, 7) is 0. The lowest BCUT2D eigenvalue weighted by molar-refractivity contribution is 1.18. The van der Waals surface area contributed by atoms with Gasteiger partial charge in [-0.3, -0.25) is 4.98 Å². The van der Waals surface area contributed by atoms with Gasteiger partial charge < -0.3 is 0 Å². The van der Waals surface area contributed by atoms with Crippen LogP contribution in [-0.2, 0) is 0 Å². The number of rotatable bonds is 2. The van der Waals surface area contributed by atoms with Gasteiger partial charge >= 0.3 is 0 Å². The maximum atomic E-state index is 4.30. The zero-order valence-corrected chi connectivity index (χ0v) is 12.3. The Hall–Kier alpha value is -0.630. The number of nitrogens with zero attached hydrogens (tertiary/aromatic N) is 3. The molecule has 2 aliphatic heterocycles. The van der Waals surface area contributed by atoms with Crippen LogP contribution in [0.1, 0.15) is 0 Å². The second-order valence-electron chi connectivity index (χ2n) is 3.14. The number of aliphatic imine (C=N–C) groups is 1. The third kappa shape index (κ3) is 3.03. The predicted octanol–water partition coefficient (Wildman–Crippen LogP) is 4.58. The lowest BCUT2D eigenvalue weighted by Crippen LogP contribution is -1.78. The first-order valence-corrected chi connectivity index (χ1v) is 8.45. The van der Waals surface area contributed by atoms with Crippen molar-refractivity contribution in [2.75, 3.05) is 0 Å². The molecule has 0 N–H and O–H groups in total. The Labute approximate surface area is 122 Å². The Balaban J connectivity index is 1.66. The molecule has 1 aromatic heterocycles. The van der Waals surface area contributed by atoms with E-state index in [1.807, 2.05) is 6.21 Å². The van der Waals surface area contributed by atoms with Crippen molar-refractivity contribution in [3.8, 4) is 0 Å². The van der Waals surface area contributed by atoms with Crippen LogP contribution in [0.15, 0.2) is 53.2 Å². The van der Waals surface area contributed by atoms with Crippen LogP contribution in [-0.4, -0.2) is 16.2 Å². The molecule has 3 nitrogen and oxygen atoms in total. The molecule has 0 unspecified atom stereocenters. The van der Waals surface area contributed by atoms with Crippen LogP contribution >= 0.6 is 47.0 Å². The van der Waals surface area contributed by atoms with E-state index >= 15 is 0 Å². The zero-order valence-electron chi connectivity index (χ0n) is 9.02. The Morgan fingerprint density at radius 2 is 1.94 bits per heavy atom. The fraction of sp³-hybridized carbons (Fsp3) is 0. The van der Waals surface area contributed by atoms with Gasteiger partial charge in [0.1, 0.15) is 0 Å². The van der Waals surface area contributed by atoms with Crippen LogP contribution in [0.25, 0.3) is 0 Å². The number of allylic oxidation sites excluding steroid dienone is 1. The molecule has 3 rings (SSSR count). The minimum atomic E-state index is 0.636. The highest BCUT2D eigenvalue weighted by atomic mass is 32.2. The van der Waals surface area contributed by atoms with E-state index in [0.717, 1.165) is 4.91 Å². The first-order chi connectivity index (χ1) is 8.92. The van der Waals surface area contributed by atoms with Crippen LogP contribution < -0.4 is 0 Å². The molecule has 0 saturated heterocycles. The molecule has 3 heterocycles. The molecule has 0 fully saturated rings. The molecular formula is C11H7N3S4. The smallest absolute Gasteiger partial charge is 0.170 e. The van der Waals surface area contributed by atoms with E-state index in [2.05, 4.69) is 31.2 Å². The van der Waals surface area contributed by atoms with E-state index in [4.69, 9.17) is 0 Å². The average Bonchev–Trinajstić information content (AvgIpc) is 3.08.